The fraction of sp³-hybridized carbons (Fsp3) is 0.381. The standard InChI is InChI=1S/C21H23N5O3/c1-10-4-7-13-11(2)8-14(17(13)19(10)27)23-15-9-16(24-20(28)12-5-6-12)25-26-18(15)21(29)22-3/h4,7-12H,5-6H2,1-3H3,(H,22,29)(H2,23,24,25,28). The van der Waals surface area contributed by atoms with Crippen LogP contribution in [0.3, 0.4) is 0 Å². The molecular weight excluding hydrogens is 370 g/mol. The number of rotatable bonds is 5. The van der Waals surface area contributed by atoms with Crippen LogP contribution in [0.15, 0.2) is 41.1 Å². The Hall–Kier alpha value is -3.29. The number of ketones is 1. The summed E-state index contributed by atoms with van der Waals surface area (Å²) in [7, 11) is 1.51. The number of anilines is 2. The van der Waals surface area contributed by atoms with E-state index in [0.29, 0.717) is 17.0 Å². The van der Waals surface area contributed by atoms with Crippen LogP contribution in [0.1, 0.15) is 37.2 Å². The minimum Gasteiger partial charge on any atom is -0.354 e. The van der Waals surface area contributed by atoms with Gasteiger partial charge in [-0.3, -0.25) is 14.4 Å². The summed E-state index contributed by atoms with van der Waals surface area (Å²) in [5.41, 5.74) is 2.71. The average molecular weight is 393 g/mol. The van der Waals surface area contributed by atoms with Crippen LogP contribution in [0.4, 0.5) is 11.5 Å². The molecule has 0 saturated heterocycles. The van der Waals surface area contributed by atoms with Crippen molar-refractivity contribution in [3.8, 4) is 0 Å². The molecule has 2 amide bonds. The number of carbonyl (C=O) groups is 3. The van der Waals surface area contributed by atoms with Gasteiger partial charge in [-0.2, -0.15) is 0 Å². The van der Waals surface area contributed by atoms with E-state index in [0.717, 1.165) is 18.4 Å². The molecule has 1 saturated carbocycles. The van der Waals surface area contributed by atoms with Crippen LogP contribution in [0, 0.1) is 17.8 Å². The molecule has 0 aliphatic heterocycles. The maximum Gasteiger partial charge on any atom is 0.273 e. The summed E-state index contributed by atoms with van der Waals surface area (Å²) in [6, 6.07) is 1.58. The van der Waals surface area contributed by atoms with Gasteiger partial charge in [-0.1, -0.05) is 32.1 Å². The highest BCUT2D eigenvalue weighted by atomic mass is 16.2. The fourth-order valence-corrected chi connectivity index (χ4v) is 3.54. The Morgan fingerprint density at radius 1 is 1.14 bits per heavy atom. The normalized spacial score (nSPS) is 22.9. The van der Waals surface area contributed by atoms with Crippen LogP contribution < -0.4 is 16.0 Å². The number of allylic oxidation sites excluding steroid dienone is 5. The predicted molar refractivity (Wildman–Crippen MR) is 108 cm³/mol. The number of Topliss-reactive ketones (excluding diaryl/α,β-unsaturated/α-hetero) is 1. The molecule has 0 spiro atoms. The zero-order valence-electron chi connectivity index (χ0n) is 16.6. The molecule has 3 aliphatic carbocycles. The Kier molecular flexibility index (Phi) is 4.77. The van der Waals surface area contributed by atoms with Gasteiger partial charge in [0, 0.05) is 42.1 Å². The first-order chi connectivity index (χ1) is 13.9. The van der Waals surface area contributed by atoms with E-state index in [9.17, 15) is 14.4 Å². The van der Waals surface area contributed by atoms with Crippen molar-refractivity contribution in [1.82, 2.24) is 15.5 Å². The first-order valence-electron chi connectivity index (χ1n) is 9.75. The van der Waals surface area contributed by atoms with E-state index in [1.54, 1.807) is 6.07 Å². The smallest absolute Gasteiger partial charge is 0.273 e. The summed E-state index contributed by atoms with van der Waals surface area (Å²) in [6.45, 7) is 3.88. The van der Waals surface area contributed by atoms with Crippen LogP contribution in [-0.4, -0.2) is 34.8 Å². The lowest BCUT2D eigenvalue weighted by atomic mass is 9.88. The largest absolute Gasteiger partial charge is 0.354 e. The van der Waals surface area contributed by atoms with Crippen molar-refractivity contribution in [2.45, 2.75) is 26.7 Å². The van der Waals surface area contributed by atoms with E-state index in [1.165, 1.54) is 7.05 Å². The van der Waals surface area contributed by atoms with Crippen molar-refractivity contribution in [3.63, 3.8) is 0 Å². The Labute approximate surface area is 168 Å². The summed E-state index contributed by atoms with van der Waals surface area (Å²) >= 11 is 0. The number of nitrogens with zero attached hydrogens (tertiary/aromatic N) is 2. The van der Waals surface area contributed by atoms with Crippen molar-refractivity contribution < 1.29 is 14.4 Å². The highest BCUT2D eigenvalue weighted by molar-refractivity contribution is 6.06. The van der Waals surface area contributed by atoms with Gasteiger partial charge < -0.3 is 16.0 Å². The van der Waals surface area contributed by atoms with Crippen LogP contribution >= 0.6 is 0 Å². The van der Waals surface area contributed by atoms with Gasteiger partial charge in [0.2, 0.25) is 5.91 Å². The first-order valence-corrected chi connectivity index (χ1v) is 9.75. The molecule has 0 aromatic carbocycles. The van der Waals surface area contributed by atoms with Gasteiger partial charge in [0.15, 0.2) is 17.3 Å². The Balaban J connectivity index is 1.67. The molecule has 2 atom stereocenters. The summed E-state index contributed by atoms with van der Waals surface area (Å²) in [4.78, 5) is 37.1. The molecule has 4 rings (SSSR count). The van der Waals surface area contributed by atoms with Gasteiger partial charge in [-0.15, -0.1) is 10.2 Å². The third-order valence-electron chi connectivity index (χ3n) is 5.39. The quantitative estimate of drug-likeness (QED) is 0.707. The third-order valence-corrected chi connectivity index (χ3v) is 5.39. The average Bonchev–Trinajstić information content (AvgIpc) is 3.50. The number of amides is 2. The number of nitrogens with one attached hydrogen (secondary N) is 3. The third kappa shape index (κ3) is 3.57. The molecule has 0 bridgehead atoms. The van der Waals surface area contributed by atoms with Crippen LogP contribution in [0.25, 0.3) is 0 Å². The molecule has 150 valence electrons. The second kappa shape index (κ2) is 7.27. The summed E-state index contributed by atoms with van der Waals surface area (Å²) < 4.78 is 0. The molecule has 8 nitrogen and oxygen atoms in total. The first kappa shape index (κ1) is 19.0. The second-order valence-electron chi connectivity index (χ2n) is 7.67. The van der Waals surface area contributed by atoms with E-state index in [1.807, 2.05) is 32.1 Å². The zero-order valence-corrected chi connectivity index (χ0v) is 16.6. The van der Waals surface area contributed by atoms with Gasteiger partial charge in [-0.05, 0) is 18.4 Å². The van der Waals surface area contributed by atoms with Gasteiger partial charge >= 0.3 is 0 Å². The fourth-order valence-electron chi connectivity index (χ4n) is 3.54. The van der Waals surface area contributed by atoms with E-state index >= 15 is 0 Å². The van der Waals surface area contributed by atoms with E-state index in [-0.39, 0.29) is 41.0 Å². The zero-order chi connectivity index (χ0) is 20.7. The molecule has 1 aromatic heterocycles. The molecule has 1 fully saturated rings. The lowest BCUT2D eigenvalue weighted by Crippen LogP contribution is -2.24. The van der Waals surface area contributed by atoms with Crippen molar-refractivity contribution >= 4 is 29.1 Å². The number of hydrogen-bond acceptors (Lipinski definition) is 6. The van der Waals surface area contributed by atoms with Gasteiger partial charge in [0.05, 0.1) is 5.69 Å². The topological polar surface area (TPSA) is 113 Å². The molecule has 3 aliphatic rings. The van der Waals surface area contributed by atoms with Crippen molar-refractivity contribution in [2.75, 3.05) is 17.7 Å². The minimum absolute atomic E-state index is 0.0195. The Bertz CT molecular complexity index is 1000. The second-order valence-corrected chi connectivity index (χ2v) is 7.67. The Morgan fingerprint density at radius 3 is 2.59 bits per heavy atom. The van der Waals surface area contributed by atoms with Gasteiger partial charge in [0.25, 0.3) is 5.91 Å². The molecule has 0 radical (unpaired) electrons. The van der Waals surface area contributed by atoms with Gasteiger partial charge in [0.1, 0.15) is 0 Å². The van der Waals surface area contributed by atoms with E-state index in [4.69, 9.17) is 0 Å². The summed E-state index contributed by atoms with van der Waals surface area (Å²) in [6.07, 6.45) is 7.60. The number of hydrogen-bond donors (Lipinski definition) is 3. The molecule has 2 unspecified atom stereocenters. The van der Waals surface area contributed by atoms with Gasteiger partial charge in [-0.25, -0.2) is 0 Å². The van der Waals surface area contributed by atoms with Crippen LogP contribution in [0.5, 0.6) is 0 Å². The maximum absolute atomic E-state index is 12.8. The molecule has 3 N–H and O–H groups in total. The van der Waals surface area contributed by atoms with E-state index < -0.39 is 5.91 Å². The number of aromatic nitrogens is 2. The van der Waals surface area contributed by atoms with E-state index in [2.05, 4.69) is 26.1 Å². The van der Waals surface area contributed by atoms with Crippen molar-refractivity contribution in [2.24, 2.45) is 17.8 Å². The SMILES string of the molecule is CNC(=O)c1nnc(NC(=O)C2CC2)cc1NC1=CC(C)C2=C1C(=O)C(C)C=C2. The summed E-state index contributed by atoms with van der Waals surface area (Å²) in [5, 5.41) is 16.4. The lowest BCUT2D eigenvalue weighted by Gasteiger charge is -2.19. The van der Waals surface area contributed by atoms with Crippen LogP contribution in [-0.2, 0) is 9.59 Å². The predicted octanol–water partition coefficient (Wildman–Crippen LogP) is 2.20. The Morgan fingerprint density at radius 2 is 1.90 bits per heavy atom. The monoisotopic (exact) mass is 393 g/mol. The molecule has 1 heterocycles. The lowest BCUT2D eigenvalue weighted by molar-refractivity contribution is -0.118. The van der Waals surface area contributed by atoms with Crippen molar-refractivity contribution in [1.29, 1.82) is 0 Å². The van der Waals surface area contributed by atoms with Crippen molar-refractivity contribution in [3.05, 3.63) is 46.8 Å². The van der Waals surface area contributed by atoms with Crippen LogP contribution in [0.2, 0.25) is 0 Å². The summed E-state index contributed by atoms with van der Waals surface area (Å²) in [5.74, 6) is -0.315. The maximum atomic E-state index is 12.8. The minimum atomic E-state index is -0.413. The molecule has 29 heavy (non-hydrogen) atoms. The highest BCUT2D eigenvalue weighted by Gasteiger charge is 2.33. The molecule has 1 aromatic rings. The highest BCUT2D eigenvalue weighted by Crippen LogP contribution is 2.38. The molecular formula is C21H23N5O3. The number of carbonyl (C=O) groups excluding carboxylic acids is 3. The molecule has 8 heteroatoms.